The van der Waals surface area contributed by atoms with Gasteiger partial charge in [0.1, 0.15) is 0 Å². The molecule has 0 aromatic heterocycles. The maximum absolute atomic E-state index is 11.2. The molecule has 0 N–H and O–H groups in total. The molecule has 19 heavy (non-hydrogen) atoms. The first kappa shape index (κ1) is 17.6. The number of nitro benzene ring substituents is 1. The molecule has 0 bridgehead atoms. The van der Waals surface area contributed by atoms with Crippen molar-refractivity contribution in [3.63, 3.8) is 0 Å². The monoisotopic (exact) mass is 329 g/mol. The van der Waals surface area contributed by atoms with Crippen molar-refractivity contribution in [1.82, 2.24) is 0 Å². The average Bonchev–Trinajstić information content (AvgIpc) is 2.25. The third-order valence-corrected chi connectivity index (χ3v) is 1.91. The van der Waals surface area contributed by atoms with Gasteiger partial charge in [-0.3, -0.25) is 10.1 Å². The van der Waals surface area contributed by atoms with Gasteiger partial charge in [-0.25, -0.2) is 4.79 Å². The van der Waals surface area contributed by atoms with Crippen LogP contribution in [0, 0.1) is 17.0 Å². The lowest BCUT2D eigenvalue weighted by Crippen LogP contribution is -2.05. The van der Waals surface area contributed by atoms with E-state index in [1.807, 2.05) is 0 Å². The zero-order valence-electron chi connectivity index (χ0n) is 9.79. The highest BCUT2D eigenvalue weighted by Crippen LogP contribution is 2.21. The number of halogens is 2. The number of carbonyl (C=O) groups is 1. The summed E-state index contributed by atoms with van der Waals surface area (Å²) in [4.78, 5) is 21.2. The number of esters is 1. The van der Waals surface area contributed by atoms with Crippen LogP contribution >= 0.6 is 21.4 Å². The first-order valence-electron chi connectivity index (χ1n) is 4.54. The van der Waals surface area contributed by atoms with Gasteiger partial charge in [-0.1, -0.05) is 6.07 Å². The summed E-state index contributed by atoms with van der Waals surface area (Å²) in [6.45, 7) is 1.52. The Morgan fingerprint density at radius 2 is 1.84 bits per heavy atom. The zero-order valence-corrected chi connectivity index (χ0v) is 12.1. The second-order valence-corrected chi connectivity index (χ2v) is 6.74. The average molecular weight is 330 g/mol. The van der Waals surface area contributed by atoms with Crippen LogP contribution in [0.1, 0.15) is 15.9 Å². The fourth-order valence-corrected chi connectivity index (χ4v) is 1.15. The fraction of sp³-hybridized carbons (Fsp3) is 0.222. The number of benzene rings is 1. The van der Waals surface area contributed by atoms with Crippen LogP contribution in [0.15, 0.2) is 18.2 Å². The lowest BCUT2D eigenvalue weighted by Gasteiger charge is -2.03. The summed E-state index contributed by atoms with van der Waals surface area (Å²) in [6.07, 6.45) is 0. The molecule has 10 heteroatoms. The number of rotatable bonds is 2. The first-order chi connectivity index (χ1) is 8.57. The van der Waals surface area contributed by atoms with Crippen molar-refractivity contribution in [3.8, 4) is 0 Å². The van der Waals surface area contributed by atoms with Crippen LogP contribution < -0.4 is 0 Å². The summed E-state index contributed by atoms with van der Waals surface area (Å²) >= 11 is 0. The van der Waals surface area contributed by atoms with Crippen molar-refractivity contribution in [3.05, 3.63) is 39.4 Å². The fourth-order valence-electron chi connectivity index (χ4n) is 1.15. The van der Waals surface area contributed by atoms with Crippen molar-refractivity contribution in [2.24, 2.45) is 0 Å². The maximum atomic E-state index is 11.2. The highest BCUT2D eigenvalue weighted by atomic mass is 36.0. The molecule has 1 aromatic rings. The van der Waals surface area contributed by atoms with Crippen LogP contribution in [0.4, 0.5) is 5.69 Å². The second kappa shape index (κ2) is 7.27. The Labute approximate surface area is 118 Å². The normalized spacial score (nSPS) is 10.1. The minimum Gasteiger partial charge on any atom is -0.465 e. The molecule has 0 fully saturated rings. The molecular formula is C9H9Cl2NO6S. The number of hydrogen-bond acceptors (Lipinski definition) is 6. The molecule has 0 atom stereocenters. The summed E-state index contributed by atoms with van der Waals surface area (Å²) in [7, 11) is 6.05. The van der Waals surface area contributed by atoms with Gasteiger partial charge in [-0.15, -0.1) is 0 Å². The van der Waals surface area contributed by atoms with Crippen LogP contribution in [0.5, 0.6) is 0 Å². The predicted octanol–water partition coefficient (Wildman–Crippen LogP) is 2.40. The molecule has 0 aliphatic carbocycles. The molecule has 7 nitrogen and oxygen atoms in total. The van der Waals surface area contributed by atoms with Gasteiger partial charge in [-0.05, 0) is 13.0 Å². The third kappa shape index (κ3) is 6.94. The summed E-state index contributed by atoms with van der Waals surface area (Å²) < 4.78 is 22.8. The summed E-state index contributed by atoms with van der Waals surface area (Å²) in [5.74, 6) is -0.564. The Bertz CT molecular complexity index is 578. The van der Waals surface area contributed by atoms with Gasteiger partial charge in [-0.2, -0.15) is 8.42 Å². The summed E-state index contributed by atoms with van der Waals surface area (Å²) in [6, 6.07) is 4.30. The first-order valence-corrected chi connectivity index (χ1v) is 7.68. The topological polar surface area (TPSA) is 104 Å². The van der Waals surface area contributed by atoms with Crippen molar-refractivity contribution >= 4 is 41.3 Å². The molecule has 0 amide bonds. The van der Waals surface area contributed by atoms with Crippen LogP contribution in [0.2, 0.25) is 0 Å². The Morgan fingerprint density at radius 1 is 1.37 bits per heavy atom. The molecule has 0 heterocycles. The highest BCUT2D eigenvalue weighted by Gasteiger charge is 2.17. The van der Waals surface area contributed by atoms with E-state index in [0.29, 0.717) is 5.56 Å². The van der Waals surface area contributed by atoms with Gasteiger partial charge in [0.05, 0.1) is 17.6 Å². The second-order valence-electron chi connectivity index (χ2n) is 3.08. The molecule has 0 unspecified atom stereocenters. The van der Waals surface area contributed by atoms with E-state index in [-0.39, 0.29) is 11.3 Å². The highest BCUT2D eigenvalue weighted by molar-refractivity contribution is 8.31. The smallest absolute Gasteiger partial charge is 0.338 e. The Morgan fingerprint density at radius 3 is 2.21 bits per heavy atom. The van der Waals surface area contributed by atoms with Gasteiger partial charge in [0.2, 0.25) is 0 Å². The number of methoxy groups -OCH3 is 1. The minimum absolute atomic E-state index is 0.0760. The molecule has 0 radical (unpaired) electrons. The molecule has 0 spiro atoms. The number of nitro groups is 1. The van der Waals surface area contributed by atoms with E-state index in [1.165, 1.54) is 32.2 Å². The van der Waals surface area contributed by atoms with E-state index in [1.54, 1.807) is 0 Å². The van der Waals surface area contributed by atoms with Gasteiger partial charge < -0.3 is 4.74 Å². The van der Waals surface area contributed by atoms with Crippen molar-refractivity contribution in [2.45, 2.75) is 6.92 Å². The number of carbonyl (C=O) groups excluding carboxylic acids is 1. The number of hydrogen-bond donors (Lipinski definition) is 0. The Balaban J connectivity index is 0.000000555. The molecule has 106 valence electrons. The SMILES string of the molecule is COC(=O)c1cccc([N+](=O)[O-])c1C.O=S(=O)(Cl)Cl. The van der Waals surface area contributed by atoms with Gasteiger partial charge >= 0.3 is 14.2 Å². The molecule has 1 aromatic carbocycles. The van der Waals surface area contributed by atoms with E-state index >= 15 is 0 Å². The Hall–Kier alpha value is -1.38. The molecule has 0 aliphatic heterocycles. The van der Waals surface area contributed by atoms with Crippen molar-refractivity contribution in [2.75, 3.05) is 7.11 Å². The van der Waals surface area contributed by atoms with Gasteiger partial charge in [0, 0.05) is 33.0 Å². The molecular weight excluding hydrogens is 321 g/mol. The minimum atomic E-state index is -3.72. The van der Waals surface area contributed by atoms with Crippen molar-refractivity contribution in [1.29, 1.82) is 0 Å². The lowest BCUT2D eigenvalue weighted by atomic mass is 10.1. The maximum Gasteiger partial charge on any atom is 0.338 e. The van der Waals surface area contributed by atoms with E-state index < -0.39 is 19.2 Å². The van der Waals surface area contributed by atoms with E-state index in [4.69, 9.17) is 8.42 Å². The lowest BCUT2D eigenvalue weighted by molar-refractivity contribution is -0.385. The molecule has 1 rings (SSSR count). The third-order valence-electron chi connectivity index (χ3n) is 1.91. The van der Waals surface area contributed by atoms with Gasteiger partial charge in [0.15, 0.2) is 0 Å². The number of nitrogens with zero attached hydrogens (tertiary/aromatic N) is 1. The van der Waals surface area contributed by atoms with Gasteiger partial charge in [0.25, 0.3) is 5.69 Å². The quantitative estimate of drug-likeness (QED) is 0.357. The van der Waals surface area contributed by atoms with Crippen LogP contribution in [0.25, 0.3) is 0 Å². The van der Waals surface area contributed by atoms with Crippen LogP contribution in [-0.4, -0.2) is 26.4 Å². The largest absolute Gasteiger partial charge is 0.465 e. The van der Waals surface area contributed by atoms with Crippen LogP contribution in [0.3, 0.4) is 0 Å². The molecule has 0 aliphatic rings. The van der Waals surface area contributed by atoms with Crippen molar-refractivity contribution < 1.29 is 22.9 Å². The zero-order chi connectivity index (χ0) is 15.2. The summed E-state index contributed by atoms with van der Waals surface area (Å²) in [5, 5.41) is 10.5. The summed E-state index contributed by atoms with van der Waals surface area (Å²) in [5.41, 5.74) is 0.471. The Kier molecular flexibility index (Phi) is 6.74. The van der Waals surface area contributed by atoms with E-state index in [0.717, 1.165) is 0 Å². The standard InChI is InChI=1S/C9H9NO4.Cl2O2S/c1-6-7(9(11)14-2)4-3-5-8(6)10(12)13;1-5(2,3)4/h3-5H,1-2H3;. The number of ether oxygens (including phenoxy) is 1. The molecule has 0 saturated carbocycles. The van der Waals surface area contributed by atoms with Crippen LogP contribution in [-0.2, 0) is 13.0 Å². The van der Waals surface area contributed by atoms with E-state index in [9.17, 15) is 14.9 Å². The predicted molar refractivity (Wildman–Crippen MR) is 69.8 cm³/mol. The molecule has 0 saturated heterocycles. The van der Waals surface area contributed by atoms with E-state index in [2.05, 4.69) is 26.1 Å².